The van der Waals surface area contributed by atoms with Gasteiger partial charge in [0.15, 0.2) is 5.78 Å². The van der Waals surface area contributed by atoms with E-state index in [1.54, 1.807) is 0 Å². The third-order valence-corrected chi connectivity index (χ3v) is 2.50. The molecule has 10 heteroatoms. The molecule has 0 aromatic rings. The summed E-state index contributed by atoms with van der Waals surface area (Å²) < 4.78 is 0. The van der Waals surface area contributed by atoms with Crippen molar-refractivity contribution in [1.82, 2.24) is 0 Å². The van der Waals surface area contributed by atoms with Crippen molar-refractivity contribution in [2.24, 2.45) is 11.5 Å². The number of allylic oxidation sites excluding steroid dienone is 2. The summed E-state index contributed by atoms with van der Waals surface area (Å²) in [7, 11) is 0. The van der Waals surface area contributed by atoms with Crippen LogP contribution in [0.25, 0.3) is 0 Å². The summed E-state index contributed by atoms with van der Waals surface area (Å²) in [6, 6.07) is 0. The van der Waals surface area contributed by atoms with Crippen molar-refractivity contribution in [1.29, 1.82) is 0 Å². The van der Waals surface area contributed by atoms with Crippen molar-refractivity contribution < 1.29 is 57.0 Å². The molecule has 0 aromatic heterocycles. The van der Waals surface area contributed by atoms with Crippen LogP contribution in [-0.2, 0) is 35.4 Å². The molecule has 0 spiro atoms. The first-order chi connectivity index (χ1) is 9.49. The summed E-state index contributed by atoms with van der Waals surface area (Å²) in [5.74, 6) is -0.0509. The topological polar surface area (TPSA) is 221 Å². The molecule has 0 aromatic carbocycles. The van der Waals surface area contributed by atoms with Gasteiger partial charge in [0.1, 0.15) is 0 Å². The molecule has 0 atom stereocenters. The van der Waals surface area contributed by atoms with Gasteiger partial charge < -0.3 is 42.6 Å². The van der Waals surface area contributed by atoms with Crippen LogP contribution in [0.5, 0.6) is 0 Å². The second-order valence-corrected chi connectivity index (χ2v) is 4.44. The molecule has 0 unspecified atom stereocenters. The molecular formula is C14H28N2O7Pt. The maximum Gasteiger partial charge on any atom is 2.00 e. The van der Waals surface area contributed by atoms with E-state index < -0.39 is 0 Å². The Morgan fingerprint density at radius 2 is 1.29 bits per heavy atom. The smallest absolute Gasteiger partial charge is 0.875 e. The molecule has 146 valence electrons. The molecule has 24 heavy (non-hydrogen) atoms. The SMILES string of the molecule is NCCN.O.O.O.O=C1C=C([O-])CCC1.O=C1[CH-]C(=O)CCC1.[Pt+2]. The summed E-state index contributed by atoms with van der Waals surface area (Å²) in [6.45, 7) is 1.19. The third kappa shape index (κ3) is 20.9. The number of carbonyl (C=O) groups is 3. The molecule has 0 saturated heterocycles. The Kier molecular flexibility index (Phi) is 31.3. The van der Waals surface area contributed by atoms with E-state index >= 15 is 0 Å². The van der Waals surface area contributed by atoms with E-state index in [1.807, 2.05) is 0 Å². The Bertz CT molecular complexity index is 360. The minimum absolute atomic E-state index is 0. The minimum Gasteiger partial charge on any atom is -0.875 e. The molecule has 9 nitrogen and oxygen atoms in total. The van der Waals surface area contributed by atoms with Gasteiger partial charge in [0, 0.05) is 31.1 Å². The number of nitrogens with two attached hydrogens (primary N) is 2. The van der Waals surface area contributed by atoms with Crippen LogP contribution in [0.2, 0.25) is 0 Å². The van der Waals surface area contributed by atoms with E-state index in [-0.39, 0.29) is 60.6 Å². The fourth-order valence-electron chi connectivity index (χ4n) is 1.52. The second kappa shape index (κ2) is 21.9. The van der Waals surface area contributed by atoms with Gasteiger partial charge in [0.2, 0.25) is 0 Å². The minimum atomic E-state index is -0.0127. The molecule has 1 saturated carbocycles. The van der Waals surface area contributed by atoms with E-state index in [0.29, 0.717) is 38.8 Å². The van der Waals surface area contributed by atoms with Crippen LogP contribution in [0.4, 0.5) is 0 Å². The quantitative estimate of drug-likeness (QED) is 0.334. The first-order valence-corrected chi connectivity index (χ1v) is 6.70. The molecule has 0 radical (unpaired) electrons. The number of carbonyl (C=O) groups excluding carboxylic acids is 3. The van der Waals surface area contributed by atoms with Gasteiger partial charge in [-0.2, -0.15) is 0 Å². The summed E-state index contributed by atoms with van der Waals surface area (Å²) in [6.07, 6.45) is 6.13. The standard InChI is InChI=1S/C6H8O2.C6H7O2.C2H8N2.3H2O.Pt/c2*7-5-2-1-3-6(8)4-5;3-1-2-4;;;;/h4,7H,1-3H2;4H,1-3H2;1-4H2;3*1H2;/q;-1;;;;;+2/p-1. The number of rotatable bonds is 1. The Hall–Kier alpha value is -1.09. The zero-order chi connectivity index (χ0) is 15.4. The van der Waals surface area contributed by atoms with Crippen molar-refractivity contribution in [3.8, 4) is 0 Å². The van der Waals surface area contributed by atoms with E-state index in [9.17, 15) is 19.5 Å². The number of ketones is 3. The van der Waals surface area contributed by atoms with Crippen molar-refractivity contribution >= 4 is 17.3 Å². The molecule has 10 N–H and O–H groups in total. The van der Waals surface area contributed by atoms with Crippen LogP contribution < -0.4 is 16.6 Å². The number of hydrogen-bond acceptors (Lipinski definition) is 6. The molecule has 1 fully saturated rings. The summed E-state index contributed by atoms with van der Waals surface area (Å²) >= 11 is 0. The molecule has 0 bridgehead atoms. The fourth-order valence-corrected chi connectivity index (χ4v) is 1.52. The van der Waals surface area contributed by atoms with Gasteiger partial charge in [0.25, 0.3) is 0 Å². The molecule has 2 aliphatic carbocycles. The van der Waals surface area contributed by atoms with Crippen LogP contribution >= 0.6 is 0 Å². The zero-order valence-corrected chi connectivity index (χ0v) is 15.7. The van der Waals surface area contributed by atoms with Gasteiger partial charge in [-0.25, -0.2) is 0 Å². The summed E-state index contributed by atoms with van der Waals surface area (Å²) in [5, 5.41) is 10.4. The van der Waals surface area contributed by atoms with Gasteiger partial charge >= 0.3 is 21.1 Å². The predicted molar refractivity (Wildman–Crippen MR) is 84.1 cm³/mol. The van der Waals surface area contributed by atoms with Crippen molar-refractivity contribution in [3.63, 3.8) is 0 Å². The Balaban J connectivity index is -0.0000000728. The maximum absolute atomic E-state index is 10.4. The van der Waals surface area contributed by atoms with Gasteiger partial charge in [-0.15, -0.1) is 5.76 Å². The van der Waals surface area contributed by atoms with Crippen LogP contribution in [0.1, 0.15) is 38.5 Å². The molecule has 0 amide bonds. The monoisotopic (exact) mass is 531 g/mol. The predicted octanol–water partition coefficient (Wildman–Crippen LogP) is -3.08. The molecular weight excluding hydrogens is 503 g/mol. The van der Waals surface area contributed by atoms with E-state index in [1.165, 1.54) is 12.5 Å². The average molecular weight is 531 g/mol. The largest absolute Gasteiger partial charge is 2.00 e. The number of hydrogen-bond donors (Lipinski definition) is 2. The Morgan fingerprint density at radius 1 is 0.875 bits per heavy atom. The van der Waals surface area contributed by atoms with Gasteiger partial charge in [-0.05, 0) is 38.2 Å². The summed E-state index contributed by atoms with van der Waals surface area (Å²) in [5.41, 5.74) is 9.81. The van der Waals surface area contributed by atoms with Crippen LogP contribution in [0, 0.1) is 6.42 Å². The first kappa shape index (κ1) is 34.3. The molecule has 0 heterocycles. The normalized spacial score (nSPS) is 14.9. The van der Waals surface area contributed by atoms with Crippen LogP contribution in [0.15, 0.2) is 11.8 Å². The zero-order valence-electron chi connectivity index (χ0n) is 13.4. The van der Waals surface area contributed by atoms with Crippen molar-refractivity contribution in [2.45, 2.75) is 38.5 Å². The van der Waals surface area contributed by atoms with Crippen LogP contribution in [-0.4, -0.2) is 46.9 Å². The molecule has 0 aliphatic heterocycles. The van der Waals surface area contributed by atoms with E-state index in [0.717, 1.165) is 12.8 Å². The van der Waals surface area contributed by atoms with Crippen LogP contribution in [0.3, 0.4) is 0 Å². The van der Waals surface area contributed by atoms with E-state index in [4.69, 9.17) is 11.5 Å². The van der Waals surface area contributed by atoms with Gasteiger partial charge in [-0.1, -0.05) is 0 Å². The third-order valence-electron chi connectivity index (χ3n) is 2.50. The first-order valence-electron chi connectivity index (χ1n) is 6.70. The van der Waals surface area contributed by atoms with Crippen molar-refractivity contribution in [2.75, 3.05) is 13.1 Å². The van der Waals surface area contributed by atoms with Gasteiger partial charge in [-0.3, -0.25) is 11.2 Å². The summed E-state index contributed by atoms with van der Waals surface area (Å²) in [4.78, 5) is 31.2. The molecule has 2 aliphatic rings. The molecule has 2 rings (SSSR count). The van der Waals surface area contributed by atoms with Crippen molar-refractivity contribution in [3.05, 3.63) is 18.3 Å². The number of Topliss-reactive ketones (excluding diaryl/α,β-unsaturated/α-hetero) is 2. The maximum atomic E-state index is 10.4. The fraction of sp³-hybridized carbons (Fsp3) is 0.571. The second-order valence-electron chi connectivity index (χ2n) is 4.44. The Morgan fingerprint density at radius 3 is 1.50 bits per heavy atom. The average Bonchev–Trinajstić information content (AvgIpc) is 2.39. The van der Waals surface area contributed by atoms with E-state index in [2.05, 4.69) is 0 Å². The Labute approximate surface area is 156 Å². The van der Waals surface area contributed by atoms with Gasteiger partial charge in [0.05, 0.1) is 0 Å².